The Morgan fingerprint density at radius 2 is 1.88 bits per heavy atom. The van der Waals surface area contributed by atoms with Crippen molar-refractivity contribution >= 4 is 56.1 Å². The predicted molar refractivity (Wildman–Crippen MR) is 249 cm³/mol. The van der Waals surface area contributed by atoms with Gasteiger partial charge in [0.25, 0.3) is 5.91 Å². The number of nitrogens with one attached hydrogen (secondary N) is 2. The smallest absolute Gasteiger partial charge is 0.324 e. The van der Waals surface area contributed by atoms with Crippen molar-refractivity contribution in [2.45, 2.75) is 104 Å². The number of hydrogen-bond acceptors (Lipinski definition) is 12. The number of sulfonamides is 1. The first-order valence-corrected chi connectivity index (χ1v) is 25.0. The summed E-state index contributed by atoms with van der Waals surface area (Å²) < 4.78 is 39.6. The number of hydrogen-bond donors (Lipinski definition) is 2. The van der Waals surface area contributed by atoms with Crippen LogP contribution in [0.5, 0.6) is 0 Å². The summed E-state index contributed by atoms with van der Waals surface area (Å²) in [4.78, 5) is 69.2. The molecule has 0 spiro atoms. The van der Waals surface area contributed by atoms with E-state index < -0.39 is 57.4 Å². The van der Waals surface area contributed by atoms with E-state index in [4.69, 9.17) is 19.4 Å². The molecule has 2 N–H and O–H groups in total. The molecule has 2 fully saturated rings. The zero-order valence-electron chi connectivity index (χ0n) is 39.1. The van der Waals surface area contributed by atoms with E-state index in [1.807, 2.05) is 32.2 Å². The molecule has 3 aromatic heterocycles. The van der Waals surface area contributed by atoms with Crippen molar-refractivity contribution in [3.8, 4) is 22.5 Å². The minimum Gasteiger partial charge on any atom is -0.464 e. The van der Waals surface area contributed by atoms with Gasteiger partial charge in [0.05, 0.1) is 47.1 Å². The third-order valence-electron chi connectivity index (χ3n) is 12.9. The number of likely N-dealkylation sites (N-methyl/N-ethyl adjacent to an activating group) is 2. The van der Waals surface area contributed by atoms with Crippen molar-refractivity contribution in [3.63, 3.8) is 0 Å². The Morgan fingerprint density at radius 3 is 2.55 bits per heavy atom. The zero-order chi connectivity index (χ0) is 47.1. The van der Waals surface area contributed by atoms with Crippen molar-refractivity contribution in [1.82, 2.24) is 44.4 Å². The lowest BCUT2D eigenvalue weighted by Crippen LogP contribution is -2.66. The molecule has 65 heavy (non-hydrogen) atoms. The number of methoxy groups -OCH3 is 1. The van der Waals surface area contributed by atoms with Gasteiger partial charge in [-0.05, 0) is 68.9 Å². The molecule has 4 atom stereocenters. The first-order chi connectivity index (χ1) is 30.7. The number of rotatable bonds is 10. The standard InChI is InChI=1S/C46H63N9O8S2/c1-11-54-37-17-16-29-20-32(37)33(41(54)31-14-12-18-47-39(31)28(4)62-9)22-46(5,6)26-63-44(58)34-15-13-19-55(50-34)43(57)35(21-38-48-36(29)25-64-38)49-42(56)40(27(2)3)51(7)45(59)53-23-30(24-53)52(8)65(10,60)61/h12,14,16-18,20,25,27-28,30,34-35,40,50H,11,13,15,19,21-24,26H2,1-10H3,(H,49,56)/t28-,34-,35-,40-/m0/s1. The summed E-state index contributed by atoms with van der Waals surface area (Å²) in [7, 11) is 1.25. The first-order valence-electron chi connectivity index (χ1n) is 22.3. The fourth-order valence-electron chi connectivity index (χ4n) is 9.20. The van der Waals surface area contributed by atoms with E-state index in [0.717, 1.165) is 50.9 Å². The monoisotopic (exact) mass is 933 g/mol. The number of cyclic esters (lactones) is 1. The molecule has 6 heterocycles. The number of aryl methyl sites for hydroxylation is 1. The lowest BCUT2D eigenvalue weighted by Gasteiger charge is -2.45. The number of nitrogens with zero attached hydrogens (tertiary/aromatic N) is 7. The van der Waals surface area contributed by atoms with Crippen LogP contribution in [0.1, 0.15) is 76.8 Å². The zero-order valence-corrected chi connectivity index (χ0v) is 40.7. The van der Waals surface area contributed by atoms with Gasteiger partial charge in [-0.25, -0.2) is 23.6 Å². The number of ether oxygens (including phenoxy) is 2. The van der Waals surface area contributed by atoms with Crippen LogP contribution in [-0.2, 0) is 53.3 Å². The number of amides is 4. The van der Waals surface area contributed by atoms with Gasteiger partial charge >= 0.3 is 12.0 Å². The van der Waals surface area contributed by atoms with E-state index in [-0.39, 0.29) is 44.2 Å². The summed E-state index contributed by atoms with van der Waals surface area (Å²) >= 11 is 1.39. The molecule has 4 amide bonds. The number of carbonyl (C=O) groups is 4. The highest BCUT2D eigenvalue weighted by Gasteiger charge is 2.42. The number of carbonyl (C=O) groups excluding carboxylic acids is 4. The Hall–Kier alpha value is -4.95. The van der Waals surface area contributed by atoms with E-state index >= 15 is 0 Å². The van der Waals surface area contributed by atoms with Gasteiger partial charge in [-0.1, -0.05) is 33.8 Å². The molecule has 17 nitrogen and oxygen atoms in total. The molecule has 19 heteroatoms. The average molecular weight is 934 g/mol. The number of urea groups is 1. The van der Waals surface area contributed by atoms with Crippen molar-refractivity contribution in [2.75, 3.05) is 53.7 Å². The molecule has 0 unspecified atom stereocenters. The third kappa shape index (κ3) is 9.94. The van der Waals surface area contributed by atoms with Crippen LogP contribution >= 0.6 is 11.3 Å². The maximum absolute atomic E-state index is 14.6. The normalized spacial score (nSPS) is 20.6. The Balaban J connectivity index is 1.25. The van der Waals surface area contributed by atoms with Gasteiger partial charge < -0.3 is 29.2 Å². The van der Waals surface area contributed by atoms with Crippen molar-refractivity contribution < 1.29 is 37.1 Å². The van der Waals surface area contributed by atoms with Gasteiger partial charge in [0.1, 0.15) is 18.1 Å². The summed E-state index contributed by atoms with van der Waals surface area (Å²) in [5, 5.41) is 7.99. The largest absolute Gasteiger partial charge is 0.464 e. The number of benzene rings is 1. The maximum atomic E-state index is 14.6. The summed E-state index contributed by atoms with van der Waals surface area (Å²) in [6, 6.07) is 6.68. The Bertz CT molecular complexity index is 2550. The highest BCUT2D eigenvalue weighted by Crippen LogP contribution is 2.42. The molecule has 0 radical (unpaired) electrons. The molecule has 2 saturated heterocycles. The van der Waals surface area contributed by atoms with E-state index in [0.29, 0.717) is 37.4 Å². The van der Waals surface area contributed by atoms with E-state index in [1.165, 1.54) is 37.5 Å². The van der Waals surface area contributed by atoms with Crippen LogP contribution < -0.4 is 10.7 Å². The van der Waals surface area contributed by atoms with Crippen LogP contribution in [0.4, 0.5) is 4.79 Å². The fraction of sp³-hybridized carbons (Fsp3) is 0.565. The average Bonchev–Trinajstić information content (AvgIpc) is 3.85. The van der Waals surface area contributed by atoms with Crippen LogP contribution in [0.25, 0.3) is 33.4 Å². The number of pyridine rings is 1. The molecule has 3 aliphatic rings. The minimum absolute atomic E-state index is 0.0517. The van der Waals surface area contributed by atoms with Gasteiger partial charge in [0.2, 0.25) is 15.9 Å². The van der Waals surface area contributed by atoms with Gasteiger partial charge in [-0.15, -0.1) is 11.3 Å². The van der Waals surface area contributed by atoms with E-state index in [2.05, 4.69) is 60.3 Å². The Morgan fingerprint density at radius 1 is 1.14 bits per heavy atom. The van der Waals surface area contributed by atoms with E-state index in [1.54, 1.807) is 20.4 Å². The molecular formula is C46H63N9O8S2. The second-order valence-electron chi connectivity index (χ2n) is 18.7. The first kappa shape index (κ1) is 48.0. The van der Waals surface area contributed by atoms with Crippen LogP contribution in [0.15, 0.2) is 41.9 Å². The Labute approximate surface area is 385 Å². The second-order valence-corrected chi connectivity index (χ2v) is 21.7. The molecule has 352 valence electrons. The molecule has 0 aliphatic carbocycles. The van der Waals surface area contributed by atoms with Crippen LogP contribution in [-0.4, -0.2) is 144 Å². The molecule has 3 aliphatic heterocycles. The van der Waals surface area contributed by atoms with Crippen LogP contribution in [0, 0.1) is 11.3 Å². The van der Waals surface area contributed by atoms with Gasteiger partial charge in [0, 0.05) is 92.8 Å². The Kier molecular flexibility index (Phi) is 14.1. The molecule has 1 aromatic carbocycles. The number of fused-ring (bicyclic) bond motifs is 6. The molecular weight excluding hydrogens is 871 g/mol. The molecule has 4 aromatic rings. The minimum atomic E-state index is -3.45. The topological polar surface area (TPSA) is 189 Å². The summed E-state index contributed by atoms with van der Waals surface area (Å²) in [6.07, 6.45) is 4.24. The quantitative estimate of drug-likeness (QED) is 0.207. The van der Waals surface area contributed by atoms with Crippen molar-refractivity contribution in [1.29, 1.82) is 0 Å². The number of thiazole rings is 1. The van der Waals surface area contributed by atoms with E-state index in [9.17, 15) is 27.6 Å². The van der Waals surface area contributed by atoms with Crippen molar-refractivity contribution in [2.24, 2.45) is 11.3 Å². The van der Waals surface area contributed by atoms with Crippen LogP contribution in [0.2, 0.25) is 0 Å². The van der Waals surface area contributed by atoms with Crippen molar-refractivity contribution in [3.05, 3.63) is 58.2 Å². The SMILES string of the molecule is CCn1c(-c2cccnc2[C@H](C)OC)c2c3cc(ccc31)-c1csc(n1)C[C@H](NC(=O)[C@H](C(C)C)N(C)C(=O)N1CC(N(C)S(C)(=O)=O)C1)C(=O)N1CCC[C@H](N1)C(=O)OCC(C)(C)C2. The lowest BCUT2D eigenvalue weighted by molar-refractivity contribution is -0.155. The lowest BCUT2D eigenvalue weighted by atomic mass is 9.84. The summed E-state index contributed by atoms with van der Waals surface area (Å²) in [6.45, 7) is 13.4. The highest BCUT2D eigenvalue weighted by atomic mass is 32.2. The molecule has 7 rings (SSSR count). The second kappa shape index (κ2) is 19.1. The van der Waals surface area contributed by atoms with Crippen LogP contribution in [0.3, 0.4) is 0 Å². The highest BCUT2D eigenvalue weighted by molar-refractivity contribution is 7.88. The number of esters is 1. The third-order valence-corrected chi connectivity index (χ3v) is 15.2. The predicted octanol–water partition coefficient (Wildman–Crippen LogP) is 4.85. The van der Waals surface area contributed by atoms with Gasteiger partial charge in [0.15, 0.2) is 0 Å². The summed E-state index contributed by atoms with van der Waals surface area (Å²) in [5.74, 6) is -1.80. The number of hydrazine groups is 1. The van der Waals surface area contributed by atoms with Gasteiger partial charge in [-0.2, -0.15) is 4.31 Å². The molecule has 0 saturated carbocycles. The number of aromatic nitrogens is 3. The van der Waals surface area contributed by atoms with Gasteiger partial charge in [-0.3, -0.25) is 24.4 Å². The summed E-state index contributed by atoms with van der Waals surface area (Å²) in [5.41, 5.74) is 9.15. The fourth-order valence-corrected chi connectivity index (χ4v) is 10.7. The number of likely N-dealkylation sites (tertiary alicyclic amines) is 1. The maximum Gasteiger partial charge on any atom is 0.324 e. The molecule has 6 bridgehead atoms.